The number of ketones is 1. The highest BCUT2D eigenvalue weighted by Crippen LogP contribution is 2.47. The molecule has 7 nitrogen and oxygen atoms in total. The Bertz CT molecular complexity index is 780. The summed E-state index contributed by atoms with van der Waals surface area (Å²) in [6.45, 7) is 9.39. The molecule has 31 heavy (non-hydrogen) atoms. The van der Waals surface area contributed by atoms with Crippen molar-refractivity contribution >= 4 is 17.7 Å². The van der Waals surface area contributed by atoms with Crippen molar-refractivity contribution in [1.29, 1.82) is 0 Å². The third-order valence-electron chi connectivity index (χ3n) is 5.39. The smallest absolute Gasteiger partial charge is 0.317 e. The van der Waals surface area contributed by atoms with E-state index in [0.29, 0.717) is 11.3 Å². The zero-order valence-corrected chi connectivity index (χ0v) is 19.2. The van der Waals surface area contributed by atoms with Crippen LogP contribution in [-0.4, -0.2) is 48.8 Å². The van der Waals surface area contributed by atoms with Gasteiger partial charge in [-0.05, 0) is 36.5 Å². The van der Waals surface area contributed by atoms with Crippen molar-refractivity contribution in [2.24, 2.45) is 23.7 Å². The Labute approximate surface area is 184 Å². The van der Waals surface area contributed by atoms with Crippen molar-refractivity contribution in [3.8, 4) is 5.75 Å². The predicted molar refractivity (Wildman–Crippen MR) is 115 cm³/mol. The van der Waals surface area contributed by atoms with Gasteiger partial charge in [-0.3, -0.25) is 14.4 Å². The van der Waals surface area contributed by atoms with Gasteiger partial charge < -0.3 is 19.3 Å². The highest BCUT2D eigenvalue weighted by Gasteiger charge is 2.57. The first-order chi connectivity index (χ1) is 14.5. The lowest BCUT2D eigenvalue weighted by Gasteiger charge is -2.43. The van der Waals surface area contributed by atoms with Gasteiger partial charge in [-0.15, -0.1) is 0 Å². The molecule has 0 bridgehead atoms. The van der Waals surface area contributed by atoms with Gasteiger partial charge in [0.1, 0.15) is 11.7 Å². The summed E-state index contributed by atoms with van der Waals surface area (Å²) in [5, 5.41) is 11.1. The Morgan fingerprint density at radius 3 is 2.03 bits per heavy atom. The summed E-state index contributed by atoms with van der Waals surface area (Å²) in [7, 11) is 1.53. The molecule has 1 aromatic carbocycles. The van der Waals surface area contributed by atoms with E-state index >= 15 is 0 Å². The lowest BCUT2D eigenvalue weighted by Crippen LogP contribution is -2.55. The first kappa shape index (κ1) is 24.9. The number of aliphatic hydroxyl groups is 1. The largest absolute Gasteiger partial charge is 0.497 e. The van der Waals surface area contributed by atoms with Crippen LogP contribution in [0.4, 0.5) is 0 Å². The minimum Gasteiger partial charge on any atom is -0.497 e. The summed E-state index contributed by atoms with van der Waals surface area (Å²) in [5.74, 6) is -4.20. The molecule has 4 atom stereocenters. The second-order valence-electron chi connectivity index (χ2n) is 9.30. The van der Waals surface area contributed by atoms with Gasteiger partial charge >= 0.3 is 11.9 Å². The molecule has 0 heterocycles. The van der Waals surface area contributed by atoms with Crippen LogP contribution in [0.3, 0.4) is 0 Å². The van der Waals surface area contributed by atoms with Crippen LogP contribution in [0.2, 0.25) is 0 Å². The molecule has 172 valence electrons. The zero-order valence-electron chi connectivity index (χ0n) is 19.2. The number of carbonyl (C=O) groups excluding carboxylic acids is 3. The van der Waals surface area contributed by atoms with E-state index in [0.717, 1.165) is 0 Å². The summed E-state index contributed by atoms with van der Waals surface area (Å²) in [5.41, 5.74) is -1.10. The lowest BCUT2D eigenvalue weighted by atomic mass is 9.61. The molecule has 7 heteroatoms. The number of esters is 2. The van der Waals surface area contributed by atoms with Crippen molar-refractivity contribution in [2.75, 3.05) is 20.3 Å². The van der Waals surface area contributed by atoms with Crippen LogP contribution in [0.25, 0.3) is 0 Å². The highest BCUT2D eigenvalue weighted by molar-refractivity contribution is 6.02. The molecule has 0 amide bonds. The van der Waals surface area contributed by atoms with E-state index in [2.05, 4.69) is 0 Å². The summed E-state index contributed by atoms with van der Waals surface area (Å²) < 4.78 is 16.0. The van der Waals surface area contributed by atoms with E-state index in [9.17, 15) is 19.5 Å². The molecule has 0 spiro atoms. The third kappa shape index (κ3) is 6.06. The summed E-state index contributed by atoms with van der Waals surface area (Å²) in [6, 6.07) is 6.78. The van der Waals surface area contributed by atoms with E-state index in [1.54, 1.807) is 24.3 Å². The van der Waals surface area contributed by atoms with E-state index < -0.39 is 41.1 Å². The first-order valence-corrected chi connectivity index (χ1v) is 10.7. The van der Waals surface area contributed by atoms with Crippen molar-refractivity contribution in [2.45, 2.75) is 52.6 Å². The van der Waals surface area contributed by atoms with Crippen LogP contribution >= 0.6 is 0 Å². The van der Waals surface area contributed by atoms with E-state index in [4.69, 9.17) is 14.2 Å². The molecule has 1 aromatic rings. The molecule has 0 aliphatic heterocycles. The maximum atomic E-state index is 13.1. The van der Waals surface area contributed by atoms with Crippen molar-refractivity contribution in [3.05, 3.63) is 29.8 Å². The maximum Gasteiger partial charge on any atom is 0.317 e. The quantitative estimate of drug-likeness (QED) is 0.496. The SMILES string of the molecule is COc1ccc([C@@H]2[C@@H](C(=O)OCC(C)C)C(=O)C[C@@](C)(O)[C@@H]2C(=O)OCC(C)C)cc1. The molecular weight excluding hydrogens is 400 g/mol. The number of ether oxygens (including phenoxy) is 3. The number of methoxy groups -OCH3 is 1. The van der Waals surface area contributed by atoms with Crippen molar-refractivity contribution < 1.29 is 33.7 Å². The summed E-state index contributed by atoms with van der Waals surface area (Å²) in [4.78, 5) is 39.1. The number of hydrogen-bond donors (Lipinski definition) is 1. The Hall–Kier alpha value is -2.41. The fourth-order valence-electron chi connectivity index (χ4n) is 3.92. The predicted octanol–water partition coefficient (Wildman–Crippen LogP) is 3.13. The topological polar surface area (TPSA) is 99.1 Å². The second kappa shape index (κ2) is 10.3. The van der Waals surface area contributed by atoms with Gasteiger partial charge in [0.2, 0.25) is 0 Å². The maximum absolute atomic E-state index is 13.1. The minimum atomic E-state index is -1.66. The normalized spacial score (nSPS) is 26.1. The molecule has 1 aliphatic rings. The summed E-state index contributed by atoms with van der Waals surface area (Å²) in [6.07, 6.45) is -0.331. The number of rotatable bonds is 8. The van der Waals surface area contributed by atoms with Gasteiger partial charge in [0.25, 0.3) is 0 Å². The fraction of sp³-hybridized carbons (Fsp3) is 0.625. The van der Waals surface area contributed by atoms with Gasteiger partial charge in [0.05, 0.1) is 31.8 Å². The van der Waals surface area contributed by atoms with Crippen LogP contribution in [0.15, 0.2) is 24.3 Å². The Balaban J connectivity index is 2.52. The van der Waals surface area contributed by atoms with Crippen molar-refractivity contribution in [3.63, 3.8) is 0 Å². The van der Waals surface area contributed by atoms with E-state index in [-0.39, 0.29) is 31.5 Å². The van der Waals surface area contributed by atoms with E-state index in [1.165, 1.54) is 14.0 Å². The molecule has 2 rings (SSSR count). The molecule has 0 radical (unpaired) electrons. The molecule has 0 aromatic heterocycles. The van der Waals surface area contributed by atoms with Gasteiger partial charge in [-0.2, -0.15) is 0 Å². The molecule has 0 unspecified atom stereocenters. The number of carbonyl (C=O) groups is 3. The number of hydrogen-bond acceptors (Lipinski definition) is 7. The monoisotopic (exact) mass is 434 g/mol. The first-order valence-electron chi connectivity index (χ1n) is 10.7. The Kier molecular flexibility index (Phi) is 8.23. The van der Waals surface area contributed by atoms with Crippen LogP contribution in [0.1, 0.15) is 52.5 Å². The molecule has 0 saturated heterocycles. The minimum absolute atomic E-state index is 0.0944. The van der Waals surface area contributed by atoms with Crippen LogP contribution in [-0.2, 0) is 23.9 Å². The average molecular weight is 435 g/mol. The third-order valence-corrected chi connectivity index (χ3v) is 5.39. The molecular formula is C24H34O7. The standard InChI is InChI=1S/C24H34O7/c1-14(2)12-30-22(26)20-18(25)11-24(5,28)21(23(27)31-13-15(3)4)19(20)16-7-9-17(29-6)10-8-16/h7-10,14-15,19-21,28H,11-13H2,1-6H3/t19-,20+,21+,24-/m1/s1. The fourth-order valence-corrected chi connectivity index (χ4v) is 3.92. The van der Waals surface area contributed by atoms with Gasteiger partial charge in [-0.25, -0.2) is 0 Å². The summed E-state index contributed by atoms with van der Waals surface area (Å²) >= 11 is 0. The van der Waals surface area contributed by atoms with Crippen LogP contribution in [0.5, 0.6) is 5.75 Å². The molecule has 1 N–H and O–H groups in total. The lowest BCUT2D eigenvalue weighted by molar-refractivity contribution is -0.173. The molecule has 1 aliphatic carbocycles. The van der Waals surface area contributed by atoms with Crippen LogP contribution < -0.4 is 4.74 Å². The zero-order chi connectivity index (χ0) is 23.3. The Morgan fingerprint density at radius 2 is 1.55 bits per heavy atom. The highest BCUT2D eigenvalue weighted by atomic mass is 16.5. The average Bonchev–Trinajstić information content (AvgIpc) is 2.69. The van der Waals surface area contributed by atoms with Gasteiger partial charge in [0, 0.05) is 12.3 Å². The van der Waals surface area contributed by atoms with Gasteiger partial charge in [-0.1, -0.05) is 39.8 Å². The van der Waals surface area contributed by atoms with Crippen molar-refractivity contribution in [1.82, 2.24) is 0 Å². The second-order valence-corrected chi connectivity index (χ2v) is 9.30. The van der Waals surface area contributed by atoms with Crippen LogP contribution in [0, 0.1) is 23.7 Å². The van der Waals surface area contributed by atoms with Gasteiger partial charge in [0.15, 0.2) is 5.78 Å². The number of Topliss-reactive ketones (excluding diaryl/α,β-unsaturated/α-hetero) is 1. The number of benzene rings is 1. The Morgan fingerprint density at radius 1 is 1.03 bits per heavy atom. The van der Waals surface area contributed by atoms with E-state index in [1.807, 2.05) is 27.7 Å². The molecule has 1 fully saturated rings. The molecule has 1 saturated carbocycles.